The second-order valence-electron chi connectivity index (χ2n) is 6.76. The number of hydrogen-bond donors (Lipinski definition) is 0. The summed E-state index contributed by atoms with van der Waals surface area (Å²) in [5.41, 5.74) is 2.45. The number of para-hydroxylation sites is 1. The molecule has 152 valence electrons. The first-order chi connectivity index (χ1) is 14.3. The third kappa shape index (κ3) is 3.18. The van der Waals surface area contributed by atoms with Gasteiger partial charge in [-0.1, -0.05) is 29.8 Å². The molecule has 0 saturated heterocycles. The zero-order valence-corrected chi connectivity index (χ0v) is 17.8. The molecule has 5 nitrogen and oxygen atoms in total. The SMILES string of the molecule is Cc1ccc(S(=O)n2cc(-c3cccc4c3OC(F)(F)O4)c3cc(Br)cnc32)cc1. The van der Waals surface area contributed by atoms with Gasteiger partial charge in [-0.25, -0.2) is 13.2 Å². The molecule has 0 radical (unpaired) electrons. The van der Waals surface area contributed by atoms with E-state index < -0.39 is 17.3 Å². The van der Waals surface area contributed by atoms with Crippen molar-refractivity contribution in [3.8, 4) is 22.6 Å². The molecule has 3 heterocycles. The van der Waals surface area contributed by atoms with Gasteiger partial charge in [0.2, 0.25) is 0 Å². The standard InChI is InChI=1S/C21H13BrF2N2O3S/c1-12-5-7-14(8-6-12)30(27)26-11-17(16-9-13(22)10-25-20(16)26)15-3-2-4-18-19(15)29-21(23,24)28-18/h2-11H,1H3. The normalized spacial score (nSPS) is 15.5. The molecule has 0 bridgehead atoms. The molecule has 4 aromatic rings. The highest BCUT2D eigenvalue weighted by Crippen LogP contribution is 2.48. The summed E-state index contributed by atoms with van der Waals surface area (Å²) < 4.78 is 52.2. The van der Waals surface area contributed by atoms with E-state index in [9.17, 15) is 13.0 Å². The van der Waals surface area contributed by atoms with Gasteiger partial charge in [0.25, 0.3) is 0 Å². The molecule has 0 saturated carbocycles. The summed E-state index contributed by atoms with van der Waals surface area (Å²) in [6.45, 7) is 1.95. The summed E-state index contributed by atoms with van der Waals surface area (Å²) in [5.74, 6) is -0.122. The lowest BCUT2D eigenvalue weighted by Gasteiger charge is -2.06. The van der Waals surface area contributed by atoms with Crippen LogP contribution < -0.4 is 9.47 Å². The van der Waals surface area contributed by atoms with E-state index in [4.69, 9.17) is 4.74 Å². The van der Waals surface area contributed by atoms with Crippen LogP contribution in [0.1, 0.15) is 5.56 Å². The molecule has 2 aromatic carbocycles. The van der Waals surface area contributed by atoms with Crippen molar-refractivity contribution in [3.63, 3.8) is 0 Å². The topological polar surface area (TPSA) is 53.4 Å². The number of hydrogen-bond acceptors (Lipinski definition) is 4. The second-order valence-corrected chi connectivity index (χ2v) is 9.03. The summed E-state index contributed by atoms with van der Waals surface area (Å²) in [7, 11) is -1.58. The van der Waals surface area contributed by atoms with E-state index >= 15 is 0 Å². The number of fused-ring (bicyclic) bond motifs is 2. The van der Waals surface area contributed by atoms with Crippen LogP contribution in [0.15, 0.2) is 70.3 Å². The Labute approximate surface area is 181 Å². The van der Waals surface area contributed by atoms with Gasteiger partial charge in [0.15, 0.2) is 28.1 Å². The summed E-state index contributed by atoms with van der Waals surface area (Å²) in [4.78, 5) is 5.01. The molecule has 0 fully saturated rings. The average molecular weight is 491 g/mol. The van der Waals surface area contributed by atoms with Crippen LogP contribution in [0.2, 0.25) is 0 Å². The number of rotatable bonds is 3. The predicted octanol–water partition coefficient (Wildman–Crippen LogP) is 5.67. The molecule has 0 aliphatic carbocycles. The third-order valence-electron chi connectivity index (χ3n) is 4.70. The maximum absolute atomic E-state index is 13.7. The lowest BCUT2D eigenvalue weighted by Crippen LogP contribution is -2.26. The molecule has 0 spiro atoms. The first-order valence-corrected chi connectivity index (χ1v) is 10.8. The smallest absolute Gasteiger partial charge is 0.395 e. The molecule has 2 aromatic heterocycles. The van der Waals surface area contributed by atoms with Crippen LogP contribution >= 0.6 is 15.9 Å². The third-order valence-corrected chi connectivity index (χ3v) is 6.44. The van der Waals surface area contributed by atoms with Gasteiger partial charge in [-0.2, -0.15) is 0 Å². The fourth-order valence-electron chi connectivity index (χ4n) is 3.34. The van der Waals surface area contributed by atoms with Gasteiger partial charge < -0.3 is 9.47 Å². The Bertz CT molecular complexity index is 1320. The Morgan fingerprint density at radius 3 is 2.63 bits per heavy atom. The first-order valence-electron chi connectivity index (χ1n) is 8.87. The van der Waals surface area contributed by atoms with Crippen LogP contribution in [0.25, 0.3) is 22.2 Å². The Morgan fingerprint density at radius 2 is 1.87 bits per heavy atom. The highest BCUT2D eigenvalue weighted by Gasteiger charge is 2.44. The summed E-state index contributed by atoms with van der Waals surface area (Å²) in [6.07, 6.45) is -0.506. The minimum atomic E-state index is -3.74. The Hall–Kier alpha value is -2.78. The van der Waals surface area contributed by atoms with E-state index in [-0.39, 0.29) is 11.5 Å². The molecule has 0 N–H and O–H groups in total. The first kappa shape index (κ1) is 19.2. The summed E-state index contributed by atoms with van der Waals surface area (Å²) in [6, 6.07) is 13.8. The van der Waals surface area contributed by atoms with E-state index in [2.05, 4.69) is 25.7 Å². The Kier molecular flexibility index (Phi) is 4.41. The quantitative estimate of drug-likeness (QED) is 0.371. The molecular weight excluding hydrogens is 478 g/mol. The molecule has 1 aliphatic rings. The second kappa shape index (κ2) is 6.88. The van der Waals surface area contributed by atoms with Crippen LogP contribution in [-0.4, -0.2) is 19.5 Å². The van der Waals surface area contributed by atoms with Gasteiger partial charge in [0.05, 0.1) is 4.90 Å². The van der Waals surface area contributed by atoms with Gasteiger partial charge in [0, 0.05) is 33.4 Å². The number of pyridine rings is 1. The molecule has 30 heavy (non-hydrogen) atoms. The van der Waals surface area contributed by atoms with Gasteiger partial charge in [-0.15, -0.1) is 8.78 Å². The van der Waals surface area contributed by atoms with Crippen LogP contribution in [0.4, 0.5) is 8.78 Å². The van der Waals surface area contributed by atoms with Crippen molar-refractivity contribution in [2.24, 2.45) is 0 Å². The van der Waals surface area contributed by atoms with Crippen LogP contribution in [-0.2, 0) is 11.0 Å². The number of nitrogens with zero attached hydrogens (tertiary/aromatic N) is 2. The fraction of sp³-hybridized carbons (Fsp3) is 0.0952. The number of aromatic nitrogens is 2. The largest absolute Gasteiger partial charge is 0.586 e. The van der Waals surface area contributed by atoms with Crippen molar-refractivity contribution in [1.82, 2.24) is 8.96 Å². The van der Waals surface area contributed by atoms with Gasteiger partial charge in [-0.05, 0) is 47.1 Å². The highest BCUT2D eigenvalue weighted by atomic mass is 79.9. The van der Waals surface area contributed by atoms with Crippen molar-refractivity contribution in [2.75, 3.05) is 0 Å². The minimum absolute atomic E-state index is 0.0546. The Morgan fingerprint density at radius 1 is 1.10 bits per heavy atom. The van der Waals surface area contributed by atoms with Crippen LogP contribution in [0, 0.1) is 6.92 Å². The molecule has 9 heteroatoms. The van der Waals surface area contributed by atoms with Crippen molar-refractivity contribution in [1.29, 1.82) is 0 Å². The number of ether oxygens (including phenoxy) is 2. The molecule has 1 unspecified atom stereocenters. The molecule has 1 atom stereocenters. The highest BCUT2D eigenvalue weighted by molar-refractivity contribution is 9.10. The molecular formula is C21H13BrF2N2O3S. The zero-order valence-electron chi connectivity index (χ0n) is 15.4. The molecule has 1 aliphatic heterocycles. The lowest BCUT2D eigenvalue weighted by molar-refractivity contribution is -0.286. The maximum atomic E-state index is 13.7. The number of alkyl halides is 2. The van der Waals surface area contributed by atoms with Crippen molar-refractivity contribution in [2.45, 2.75) is 18.1 Å². The van der Waals surface area contributed by atoms with Crippen LogP contribution in [0.5, 0.6) is 11.5 Å². The minimum Gasteiger partial charge on any atom is -0.395 e. The van der Waals surface area contributed by atoms with Crippen molar-refractivity contribution < 1.29 is 22.5 Å². The summed E-state index contributed by atoms with van der Waals surface area (Å²) >= 11 is 3.40. The average Bonchev–Trinajstić information content (AvgIpc) is 3.23. The molecule has 0 amide bonds. The van der Waals surface area contributed by atoms with E-state index in [0.717, 1.165) is 5.56 Å². The number of benzene rings is 2. The van der Waals surface area contributed by atoms with Gasteiger partial charge in [0.1, 0.15) is 0 Å². The number of halogens is 3. The van der Waals surface area contributed by atoms with Crippen molar-refractivity contribution in [3.05, 3.63) is 71.0 Å². The van der Waals surface area contributed by atoms with Gasteiger partial charge in [-0.3, -0.25) is 0 Å². The van der Waals surface area contributed by atoms with Crippen LogP contribution in [0.3, 0.4) is 0 Å². The van der Waals surface area contributed by atoms with Crippen molar-refractivity contribution >= 4 is 37.9 Å². The zero-order chi connectivity index (χ0) is 21.0. The van der Waals surface area contributed by atoms with E-state index in [1.54, 1.807) is 42.7 Å². The van der Waals surface area contributed by atoms with E-state index in [1.807, 2.05) is 19.1 Å². The molecule has 5 rings (SSSR count). The predicted molar refractivity (Wildman–Crippen MR) is 112 cm³/mol. The summed E-state index contributed by atoms with van der Waals surface area (Å²) in [5, 5.41) is 0.636. The lowest BCUT2D eigenvalue weighted by atomic mass is 10.0. The Balaban J connectivity index is 1.72. The van der Waals surface area contributed by atoms with E-state index in [1.165, 1.54) is 10.0 Å². The fourth-order valence-corrected chi connectivity index (χ4v) is 4.78. The number of aryl methyl sites for hydroxylation is 1. The van der Waals surface area contributed by atoms with E-state index in [0.29, 0.717) is 31.5 Å². The maximum Gasteiger partial charge on any atom is 0.586 e. The monoisotopic (exact) mass is 490 g/mol. The van der Waals surface area contributed by atoms with Gasteiger partial charge >= 0.3 is 6.29 Å².